The zero-order valence-electron chi connectivity index (χ0n) is 8.04. The molecular formula is C10H10F2O3. The Bertz CT molecular complexity index is 364. The summed E-state index contributed by atoms with van der Waals surface area (Å²) in [6, 6.07) is 3.88. The van der Waals surface area contributed by atoms with Crippen molar-refractivity contribution in [3.8, 4) is 5.75 Å². The quantitative estimate of drug-likeness (QED) is 0.839. The summed E-state index contributed by atoms with van der Waals surface area (Å²) in [4.78, 5) is 10.5. The van der Waals surface area contributed by atoms with Gasteiger partial charge in [-0.3, -0.25) is 4.79 Å². The van der Waals surface area contributed by atoms with E-state index in [4.69, 9.17) is 9.84 Å². The molecule has 0 fully saturated rings. The highest BCUT2D eigenvalue weighted by atomic mass is 19.3. The number of hydrogen-bond donors (Lipinski definition) is 1. The molecule has 0 saturated heterocycles. The number of aliphatic carboxylic acids is 1. The van der Waals surface area contributed by atoms with Gasteiger partial charge in [0.05, 0.1) is 13.5 Å². The summed E-state index contributed by atoms with van der Waals surface area (Å²) in [5.41, 5.74) is -0.185. The molecule has 0 heterocycles. The molecule has 3 nitrogen and oxygen atoms in total. The lowest BCUT2D eigenvalue weighted by atomic mass is 10.0. The van der Waals surface area contributed by atoms with Crippen LogP contribution < -0.4 is 4.74 Å². The van der Waals surface area contributed by atoms with Crippen LogP contribution in [0.5, 0.6) is 5.75 Å². The lowest BCUT2D eigenvalue weighted by Gasteiger charge is -2.08. The molecule has 0 aliphatic heterocycles. The maximum Gasteiger partial charge on any atom is 0.307 e. The molecule has 0 radical (unpaired) electrons. The van der Waals surface area contributed by atoms with E-state index in [1.165, 1.54) is 25.3 Å². The van der Waals surface area contributed by atoms with Crippen molar-refractivity contribution in [2.75, 3.05) is 7.11 Å². The number of halogens is 2. The molecular weight excluding hydrogens is 206 g/mol. The highest BCUT2D eigenvalue weighted by Crippen LogP contribution is 2.26. The Morgan fingerprint density at radius 1 is 1.53 bits per heavy atom. The molecule has 0 aromatic heterocycles. The van der Waals surface area contributed by atoms with Crippen LogP contribution in [0.2, 0.25) is 0 Å². The second kappa shape index (κ2) is 4.72. The van der Waals surface area contributed by atoms with E-state index >= 15 is 0 Å². The van der Waals surface area contributed by atoms with E-state index in [0.29, 0.717) is 5.75 Å². The van der Waals surface area contributed by atoms with Crippen LogP contribution >= 0.6 is 0 Å². The Balaban J connectivity index is 3.10. The Morgan fingerprint density at radius 2 is 2.20 bits per heavy atom. The molecule has 1 aromatic rings. The Labute approximate surface area is 85.3 Å². The summed E-state index contributed by atoms with van der Waals surface area (Å²) >= 11 is 0. The third-order valence-electron chi connectivity index (χ3n) is 1.93. The van der Waals surface area contributed by atoms with Crippen LogP contribution in [-0.2, 0) is 11.2 Å². The number of hydrogen-bond acceptors (Lipinski definition) is 2. The molecule has 0 atom stereocenters. The van der Waals surface area contributed by atoms with Gasteiger partial charge in [-0.05, 0) is 23.8 Å². The molecule has 0 aliphatic carbocycles. The van der Waals surface area contributed by atoms with Crippen molar-refractivity contribution >= 4 is 5.97 Å². The molecule has 0 saturated carbocycles. The molecule has 1 rings (SSSR count). The Kier molecular flexibility index (Phi) is 3.60. The molecule has 0 bridgehead atoms. The topological polar surface area (TPSA) is 46.5 Å². The van der Waals surface area contributed by atoms with E-state index in [1.54, 1.807) is 0 Å². The first kappa shape index (κ1) is 11.4. The van der Waals surface area contributed by atoms with Crippen LogP contribution in [0.1, 0.15) is 17.6 Å². The molecule has 1 aromatic carbocycles. The average Bonchev–Trinajstić information content (AvgIpc) is 2.16. The van der Waals surface area contributed by atoms with Crippen molar-refractivity contribution in [2.45, 2.75) is 12.8 Å². The summed E-state index contributed by atoms with van der Waals surface area (Å²) < 4.78 is 29.8. The standard InChI is InChI=1S/C10H10F2O3/c1-15-7-2-3-8(10(11)12)6(4-7)5-9(13)14/h2-4,10H,5H2,1H3,(H,13,14). The smallest absolute Gasteiger partial charge is 0.307 e. The number of carbonyl (C=O) groups is 1. The van der Waals surface area contributed by atoms with Crippen molar-refractivity contribution in [3.63, 3.8) is 0 Å². The predicted molar refractivity (Wildman–Crippen MR) is 49.3 cm³/mol. The minimum absolute atomic E-state index is 0.0804. The van der Waals surface area contributed by atoms with E-state index in [2.05, 4.69) is 0 Å². The van der Waals surface area contributed by atoms with E-state index in [1.807, 2.05) is 0 Å². The molecule has 0 aliphatic rings. The van der Waals surface area contributed by atoms with Crippen molar-refractivity contribution in [1.82, 2.24) is 0 Å². The lowest BCUT2D eigenvalue weighted by molar-refractivity contribution is -0.136. The molecule has 1 N–H and O–H groups in total. The Morgan fingerprint density at radius 3 is 2.67 bits per heavy atom. The molecule has 82 valence electrons. The van der Waals surface area contributed by atoms with Crippen LogP contribution in [0.3, 0.4) is 0 Å². The molecule has 0 amide bonds. The molecule has 0 spiro atoms. The summed E-state index contributed by atoms with van der Waals surface area (Å²) in [5, 5.41) is 8.55. The number of carboxylic acids is 1. The fourth-order valence-electron chi connectivity index (χ4n) is 1.24. The van der Waals surface area contributed by atoms with Crippen LogP contribution in [-0.4, -0.2) is 18.2 Å². The van der Waals surface area contributed by atoms with Gasteiger partial charge >= 0.3 is 5.97 Å². The van der Waals surface area contributed by atoms with Gasteiger partial charge in [0.15, 0.2) is 0 Å². The van der Waals surface area contributed by atoms with E-state index in [-0.39, 0.29) is 11.1 Å². The summed E-state index contributed by atoms with van der Waals surface area (Å²) in [6.45, 7) is 0. The van der Waals surface area contributed by atoms with Crippen molar-refractivity contribution in [1.29, 1.82) is 0 Å². The fraction of sp³-hybridized carbons (Fsp3) is 0.300. The largest absolute Gasteiger partial charge is 0.497 e. The Hall–Kier alpha value is -1.65. The third-order valence-corrected chi connectivity index (χ3v) is 1.93. The maximum absolute atomic E-state index is 12.5. The van der Waals surface area contributed by atoms with Crippen LogP contribution in [0.4, 0.5) is 8.78 Å². The number of methoxy groups -OCH3 is 1. The summed E-state index contributed by atoms with van der Waals surface area (Å²) in [6.07, 6.45) is -3.11. The minimum Gasteiger partial charge on any atom is -0.497 e. The van der Waals surface area contributed by atoms with Gasteiger partial charge in [0.25, 0.3) is 6.43 Å². The van der Waals surface area contributed by atoms with Crippen molar-refractivity contribution < 1.29 is 23.4 Å². The molecule has 0 unspecified atom stereocenters. The second-order valence-corrected chi connectivity index (χ2v) is 2.94. The van der Waals surface area contributed by atoms with Crippen LogP contribution in [0.15, 0.2) is 18.2 Å². The lowest BCUT2D eigenvalue weighted by Crippen LogP contribution is -2.04. The van der Waals surface area contributed by atoms with Gasteiger partial charge in [-0.15, -0.1) is 0 Å². The zero-order valence-corrected chi connectivity index (χ0v) is 8.04. The van der Waals surface area contributed by atoms with E-state index < -0.39 is 18.8 Å². The van der Waals surface area contributed by atoms with E-state index in [9.17, 15) is 13.6 Å². The highest BCUT2D eigenvalue weighted by molar-refractivity contribution is 5.71. The molecule has 15 heavy (non-hydrogen) atoms. The summed E-state index contributed by atoms with van der Waals surface area (Å²) in [7, 11) is 1.39. The first-order valence-electron chi connectivity index (χ1n) is 4.21. The molecule has 5 heteroatoms. The maximum atomic E-state index is 12.5. The SMILES string of the molecule is COc1ccc(C(F)F)c(CC(=O)O)c1. The van der Waals surface area contributed by atoms with Crippen molar-refractivity contribution in [2.24, 2.45) is 0 Å². The van der Waals surface area contributed by atoms with E-state index in [0.717, 1.165) is 0 Å². The van der Waals surface area contributed by atoms with Gasteiger partial charge in [0.1, 0.15) is 5.75 Å². The summed E-state index contributed by atoms with van der Waals surface area (Å²) in [5.74, 6) is -0.777. The highest BCUT2D eigenvalue weighted by Gasteiger charge is 2.15. The predicted octanol–water partition coefficient (Wildman–Crippen LogP) is 2.26. The van der Waals surface area contributed by atoms with Crippen LogP contribution in [0, 0.1) is 0 Å². The third kappa shape index (κ3) is 2.90. The fourth-order valence-corrected chi connectivity index (χ4v) is 1.24. The first-order valence-corrected chi connectivity index (χ1v) is 4.21. The van der Waals surface area contributed by atoms with Crippen molar-refractivity contribution in [3.05, 3.63) is 29.3 Å². The number of ether oxygens (including phenoxy) is 1. The number of benzene rings is 1. The average molecular weight is 216 g/mol. The number of carboxylic acid groups (broad SMARTS) is 1. The second-order valence-electron chi connectivity index (χ2n) is 2.94. The number of alkyl halides is 2. The van der Waals surface area contributed by atoms with Crippen LogP contribution in [0.25, 0.3) is 0 Å². The minimum atomic E-state index is -2.68. The normalized spacial score (nSPS) is 10.4. The number of rotatable bonds is 4. The van der Waals surface area contributed by atoms with Gasteiger partial charge in [0, 0.05) is 5.56 Å². The first-order chi connectivity index (χ1) is 7.04. The van der Waals surface area contributed by atoms with Gasteiger partial charge < -0.3 is 9.84 Å². The van der Waals surface area contributed by atoms with Gasteiger partial charge in [-0.25, -0.2) is 8.78 Å². The monoisotopic (exact) mass is 216 g/mol. The van der Waals surface area contributed by atoms with Gasteiger partial charge in [0.2, 0.25) is 0 Å². The van der Waals surface area contributed by atoms with Gasteiger partial charge in [-0.2, -0.15) is 0 Å². The zero-order chi connectivity index (χ0) is 11.4. The van der Waals surface area contributed by atoms with Gasteiger partial charge in [-0.1, -0.05) is 0 Å².